The summed E-state index contributed by atoms with van der Waals surface area (Å²) in [5, 5.41) is 9.84. The third-order valence-electron chi connectivity index (χ3n) is 5.71. The summed E-state index contributed by atoms with van der Waals surface area (Å²) in [6.45, 7) is 6.06. The van der Waals surface area contributed by atoms with Crippen molar-refractivity contribution in [3.63, 3.8) is 0 Å². The van der Waals surface area contributed by atoms with Gasteiger partial charge in [-0.3, -0.25) is 0 Å². The van der Waals surface area contributed by atoms with Crippen molar-refractivity contribution in [1.82, 2.24) is 4.90 Å². The fourth-order valence-electron chi connectivity index (χ4n) is 4.00. The van der Waals surface area contributed by atoms with Crippen LogP contribution < -0.4 is 0 Å². The van der Waals surface area contributed by atoms with E-state index in [9.17, 15) is 24.3 Å². The number of esters is 2. The molecule has 9 heteroatoms. The molecule has 1 amide bonds. The summed E-state index contributed by atoms with van der Waals surface area (Å²) in [5.74, 6) is -3.65. The van der Waals surface area contributed by atoms with Crippen LogP contribution in [0.2, 0.25) is 0 Å². The Balaban J connectivity index is 2.05. The van der Waals surface area contributed by atoms with Crippen LogP contribution in [-0.2, 0) is 23.8 Å². The van der Waals surface area contributed by atoms with Gasteiger partial charge in [0, 0.05) is 19.0 Å². The van der Waals surface area contributed by atoms with Crippen molar-refractivity contribution in [2.45, 2.75) is 83.0 Å². The maximum atomic E-state index is 12.6. The summed E-state index contributed by atoms with van der Waals surface area (Å²) in [5.41, 5.74) is -2.91. The molecule has 2 atom stereocenters. The highest BCUT2D eigenvalue weighted by Gasteiger charge is 2.51. The Labute approximate surface area is 200 Å². The third kappa shape index (κ3) is 7.20. The van der Waals surface area contributed by atoms with Gasteiger partial charge in [0.2, 0.25) is 0 Å². The molecule has 1 fully saturated rings. The van der Waals surface area contributed by atoms with E-state index in [0.29, 0.717) is 19.4 Å². The van der Waals surface area contributed by atoms with Crippen molar-refractivity contribution in [3.8, 4) is 0 Å². The molecule has 1 saturated heterocycles. The molecule has 2 rings (SSSR count). The molecule has 1 aromatic carbocycles. The first-order valence-electron chi connectivity index (χ1n) is 11.6. The van der Waals surface area contributed by atoms with Crippen molar-refractivity contribution < 1.29 is 38.5 Å². The van der Waals surface area contributed by atoms with Crippen LogP contribution in [-0.4, -0.2) is 64.9 Å². The number of piperidine rings is 1. The molecule has 34 heavy (non-hydrogen) atoms. The van der Waals surface area contributed by atoms with E-state index in [0.717, 1.165) is 26.4 Å². The second kappa shape index (κ2) is 11.9. The molecule has 0 spiro atoms. The lowest BCUT2D eigenvalue weighted by Gasteiger charge is -2.37. The lowest BCUT2D eigenvalue weighted by molar-refractivity contribution is -0.179. The number of carboxylic acids is 1. The number of amides is 1. The van der Waals surface area contributed by atoms with Gasteiger partial charge in [-0.1, -0.05) is 24.6 Å². The molecule has 1 heterocycles. The van der Waals surface area contributed by atoms with Crippen LogP contribution in [0.5, 0.6) is 0 Å². The van der Waals surface area contributed by atoms with Gasteiger partial charge in [-0.05, 0) is 65.0 Å². The molecule has 1 aliphatic heterocycles. The van der Waals surface area contributed by atoms with Crippen molar-refractivity contribution >= 4 is 24.0 Å². The number of likely N-dealkylation sites (tertiary alicyclic amines) is 1. The highest BCUT2D eigenvalue weighted by Crippen LogP contribution is 2.28. The van der Waals surface area contributed by atoms with Gasteiger partial charge in [0.15, 0.2) is 0 Å². The minimum Gasteiger partial charge on any atom is -0.478 e. The quantitative estimate of drug-likeness (QED) is 0.243. The van der Waals surface area contributed by atoms with Gasteiger partial charge in [-0.2, -0.15) is 0 Å². The first-order chi connectivity index (χ1) is 16.0. The maximum absolute atomic E-state index is 12.6. The van der Waals surface area contributed by atoms with Crippen molar-refractivity contribution in [3.05, 3.63) is 35.9 Å². The number of aliphatic carboxylic acids is 1. The van der Waals surface area contributed by atoms with Gasteiger partial charge in [0.1, 0.15) is 5.60 Å². The number of hydrogen-bond donors (Lipinski definition) is 1. The topological polar surface area (TPSA) is 119 Å². The number of hydrogen-bond acceptors (Lipinski definition) is 7. The van der Waals surface area contributed by atoms with Gasteiger partial charge in [-0.15, -0.1) is 0 Å². The fourth-order valence-corrected chi connectivity index (χ4v) is 4.00. The Morgan fingerprint density at radius 2 is 1.71 bits per heavy atom. The van der Waals surface area contributed by atoms with E-state index in [4.69, 9.17) is 9.47 Å². The molecule has 0 aliphatic carbocycles. The number of carbonyl (C=O) groups is 4. The third-order valence-corrected chi connectivity index (χ3v) is 5.71. The van der Waals surface area contributed by atoms with Crippen LogP contribution in [0.25, 0.3) is 0 Å². The van der Waals surface area contributed by atoms with Crippen molar-refractivity contribution in [2.75, 3.05) is 13.7 Å². The zero-order chi connectivity index (χ0) is 25.4. The van der Waals surface area contributed by atoms with E-state index in [-0.39, 0.29) is 30.5 Å². The minimum absolute atomic E-state index is 0.0344. The molecule has 1 unspecified atom stereocenters. The average molecular weight is 478 g/mol. The first-order valence-corrected chi connectivity index (χ1v) is 11.6. The van der Waals surface area contributed by atoms with Crippen LogP contribution in [0.3, 0.4) is 0 Å². The monoisotopic (exact) mass is 477 g/mol. The Morgan fingerprint density at radius 3 is 2.29 bits per heavy atom. The summed E-state index contributed by atoms with van der Waals surface area (Å²) in [6.07, 6.45) is 3.53. The Hall–Kier alpha value is -3.10. The number of unbranched alkanes of at least 4 members (excludes halogenated alkanes) is 1. The van der Waals surface area contributed by atoms with Gasteiger partial charge >= 0.3 is 29.6 Å². The number of nitrogens with zero attached hydrogens (tertiary/aromatic N) is 1. The molecule has 1 aromatic rings. The zero-order valence-corrected chi connectivity index (χ0v) is 20.4. The van der Waals surface area contributed by atoms with Crippen LogP contribution in [0.4, 0.5) is 4.79 Å². The van der Waals surface area contributed by atoms with Gasteiger partial charge in [0.25, 0.3) is 0 Å². The van der Waals surface area contributed by atoms with E-state index in [1.54, 1.807) is 23.1 Å². The Bertz CT molecular complexity index is 863. The highest BCUT2D eigenvalue weighted by molar-refractivity contribution is 6.05. The van der Waals surface area contributed by atoms with E-state index < -0.39 is 29.1 Å². The van der Waals surface area contributed by atoms with Crippen molar-refractivity contribution in [2.24, 2.45) is 0 Å². The van der Waals surface area contributed by atoms with Gasteiger partial charge < -0.3 is 24.2 Å². The number of carbonyl (C=O) groups excluding carboxylic acids is 3. The van der Waals surface area contributed by atoms with Crippen LogP contribution in [0.1, 0.15) is 76.1 Å². The van der Waals surface area contributed by atoms with Gasteiger partial charge in [-0.25, -0.2) is 19.2 Å². The van der Waals surface area contributed by atoms with E-state index in [1.807, 2.05) is 20.8 Å². The van der Waals surface area contributed by atoms with Crippen LogP contribution in [0.15, 0.2) is 30.3 Å². The number of benzene rings is 1. The molecule has 0 radical (unpaired) electrons. The molecule has 0 saturated carbocycles. The molecular formula is C25H35NO8. The molecular weight excluding hydrogens is 442 g/mol. The molecule has 0 bridgehead atoms. The van der Waals surface area contributed by atoms with Crippen LogP contribution >= 0.6 is 0 Å². The molecule has 9 nitrogen and oxygen atoms in total. The second-order valence-corrected chi connectivity index (χ2v) is 9.45. The van der Waals surface area contributed by atoms with Crippen LogP contribution in [0, 0.1) is 0 Å². The number of methoxy groups -OCH3 is 1. The standard InChI is InChI=1S/C25H35NO8/c1-24(2,3)34-23(31)26-17-11-9-15-19(26)14-8-10-16-25(21(28)29,22(30)32-4)33-20(27)18-12-6-5-7-13-18/h5-7,12-13,19H,8-11,14-17H2,1-4H3,(H,28,29)/t19?,25-/m0/s1. The lowest BCUT2D eigenvalue weighted by Crippen LogP contribution is -2.51. The number of carboxylic acid groups (broad SMARTS) is 1. The average Bonchev–Trinajstić information content (AvgIpc) is 2.79. The van der Waals surface area contributed by atoms with E-state index >= 15 is 0 Å². The highest BCUT2D eigenvalue weighted by atomic mass is 16.6. The Kier molecular flexibility index (Phi) is 9.46. The predicted octanol–water partition coefficient (Wildman–Crippen LogP) is 4.19. The SMILES string of the molecule is COC(=O)[C@@](CCCCC1CCCCN1C(=O)OC(C)(C)C)(OC(=O)c1ccccc1)C(=O)O. The molecule has 1 aliphatic rings. The Morgan fingerprint density at radius 1 is 1.03 bits per heavy atom. The van der Waals surface area contributed by atoms with Gasteiger partial charge in [0.05, 0.1) is 12.7 Å². The summed E-state index contributed by atoms with van der Waals surface area (Å²) in [4.78, 5) is 51.4. The maximum Gasteiger partial charge on any atom is 0.410 e. The minimum atomic E-state index is -2.45. The summed E-state index contributed by atoms with van der Waals surface area (Å²) in [6, 6.07) is 7.83. The molecule has 0 aromatic heterocycles. The summed E-state index contributed by atoms with van der Waals surface area (Å²) in [7, 11) is 1.05. The largest absolute Gasteiger partial charge is 0.478 e. The predicted molar refractivity (Wildman–Crippen MR) is 123 cm³/mol. The van der Waals surface area contributed by atoms with E-state index in [1.165, 1.54) is 12.1 Å². The smallest absolute Gasteiger partial charge is 0.410 e. The summed E-state index contributed by atoms with van der Waals surface area (Å²) < 4.78 is 15.5. The summed E-state index contributed by atoms with van der Waals surface area (Å²) >= 11 is 0. The number of ether oxygens (including phenoxy) is 3. The van der Waals surface area contributed by atoms with Crippen molar-refractivity contribution in [1.29, 1.82) is 0 Å². The normalized spacial score (nSPS) is 17.9. The second-order valence-electron chi connectivity index (χ2n) is 9.45. The molecule has 1 N–H and O–H groups in total. The number of rotatable bonds is 9. The first kappa shape index (κ1) is 27.1. The fraction of sp³-hybridized carbons (Fsp3) is 0.600. The van der Waals surface area contributed by atoms with E-state index in [2.05, 4.69) is 4.74 Å². The molecule has 188 valence electrons. The lowest BCUT2D eigenvalue weighted by atomic mass is 9.92. The zero-order valence-electron chi connectivity index (χ0n) is 20.4.